The summed E-state index contributed by atoms with van der Waals surface area (Å²) in [5.74, 6) is -0.940. The number of hydrogen-bond donors (Lipinski definition) is 0. The number of oxazole rings is 1. The molecule has 126 valence electrons. The quantitative estimate of drug-likeness (QED) is 0.537. The Hall–Kier alpha value is -3.42. The number of para-hydroxylation sites is 1. The fourth-order valence-corrected chi connectivity index (χ4v) is 3.14. The number of nitrogens with zero attached hydrogens (tertiary/aromatic N) is 3. The molecule has 0 radical (unpaired) electrons. The minimum absolute atomic E-state index is 0.0915. The standard InChI is InChI=1S/C17H13N3O5/c21-16(18-8-7-11-3-1-2-4-13(11)18)10-19-14-6-5-12(20(23)24)9-15(14)25-17(19)22/h1-6,9H,7-8,10H2. The van der Waals surface area contributed by atoms with E-state index in [0.29, 0.717) is 12.1 Å². The van der Waals surface area contributed by atoms with Gasteiger partial charge >= 0.3 is 5.76 Å². The second-order valence-electron chi connectivity index (χ2n) is 5.79. The summed E-state index contributed by atoms with van der Waals surface area (Å²) in [7, 11) is 0. The van der Waals surface area contributed by atoms with Gasteiger partial charge in [0.2, 0.25) is 5.91 Å². The van der Waals surface area contributed by atoms with Crippen molar-refractivity contribution in [1.82, 2.24) is 4.57 Å². The Bertz CT molecular complexity index is 1070. The average molecular weight is 339 g/mol. The summed E-state index contributed by atoms with van der Waals surface area (Å²) < 4.78 is 6.25. The molecule has 8 nitrogen and oxygen atoms in total. The number of non-ortho nitro benzene ring substituents is 1. The molecule has 1 aliphatic rings. The topological polar surface area (TPSA) is 98.6 Å². The van der Waals surface area contributed by atoms with Crippen LogP contribution in [0, 0.1) is 10.1 Å². The van der Waals surface area contributed by atoms with Crippen molar-refractivity contribution in [2.75, 3.05) is 11.4 Å². The highest BCUT2D eigenvalue weighted by Gasteiger charge is 2.25. The van der Waals surface area contributed by atoms with Crippen LogP contribution in [0.3, 0.4) is 0 Å². The van der Waals surface area contributed by atoms with Crippen molar-refractivity contribution in [3.8, 4) is 0 Å². The number of amides is 1. The number of nitro benzene ring substituents is 1. The monoisotopic (exact) mass is 339 g/mol. The van der Waals surface area contributed by atoms with Crippen molar-refractivity contribution >= 4 is 28.4 Å². The van der Waals surface area contributed by atoms with Crippen molar-refractivity contribution in [2.24, 2.45) is 0 Å². The van der Waals surface area contributed by atoms with Crippen LogP contribution in [0.15, 0.2) is 51.7 Å². The lowest BCUT2D eigenvalue weighted by Crippen LogP contribution is -2.34. The Balaban J connectivity index is 1.67. The summed E-state index contributed by atoms with van der Waals surface area (Å²) in [6.07, 6.45) is 0.773. The molecule has 0 aliphatic carbocycles. The predicted octanol–water partition coefficient (Wildman–Crippen LogP) is 2.09. The van der Waals surface area contributed by atoms with E-state index in [1.165, 1.54) is 22.8 Å². The molecular formula is C17H13N3O5. The molecule has 1 aromatic heterocycles. The number of benzene rings is 2. The zero-order valence-electron chi connectivity index (χ0n) is 13.0. The lowest BCUT2D eigenvalue weighted by Gasteiger charge is -2.17. The third kappa shape index (κ3) is 2.47. The predicted molar refractivity (Wildman–Crippen MR) is 89.6 cm³/mol. The van der Waals surface area contributed by atoms with Gasteiger partial charge in [-0.2, -0.15) is 0 Å². The third-order valence-electron chi connectivity index (χ3n) is 4.34. The van der Waals surface area contributed by atoms with Gasteiger partial charge in [-0.25, -0.2) is 4.79 Å². The van der Waals surface area contributed by atoms with Crippen molar-refractivity contribution in [3.05, 3.63) is 68.7 Å². The molecule has 0 bridgehead atoms. The molecule has 1 aliphatic heterocycles. The van der Waals surface area contributed by atoms with E-state index in [2.05, 4.69) is 0 Å². The number of carbonyl (C=O) groups is 1. The van der Waals surface area contributed by atoms with Crippen LogP contribution in [-0.4, -0.2) is 21.9 Å². The van der Waals surface area contributed by atoms with E-state index < -0.39 is 10.7 Å². The van der Waals surface area contributed by atoms with Gasteiger partial charge in [0, 0.05) is 18.3 Å². The van der Waals surface area contributed by atoms with Crippen LogP contribution >= 0.6 is 0 Å². The van der Waals surface area contributed by atoms with Gasteiger partial charge in [0.05, 0.1) is 16.5 Å². The summed E-state index contributed by atoms with van der Waals surface area (Å²) in [5.41, 5.74) is 2.22. The molecule has 0 N–H and O–H groups in total. The maximum atomic E-state index is 12.7. The molecule has 2 aromatic carbocycles. The molecule has 0 fully saturated rings. The molecule has 0 unspecified atom stereocenters. The molecule has 0 atom stereocenters. The molecule has 3 aromatic rings. The van der Waals surface area contributed by atoms with Crippen LogP contribution in [0.4, 0.5) is 11.4 Å². The van der Waals surface area contributed by atoms with Crippen molar-refractivity contribution < 1.29 is 14.1 Å². The first kappa shape index (κ1) is 15.1. The van der Waals surface area contributed by atoms with Crippen LogP contribution in [0.25, 0.3) is 11.1 Å². The van der Waals surface area contributed by atoms with Crippen molar-refractivity contribution in [2.45, 2.75) is 13.0 Å². The second-order valence-corrected chi connectivity index (χ2v) is 5.79. The minimum Gasteiger partial charge on any atom is -0.407 e. The Morgan fingerprint density at radius 2 is 2.04 bits per heavy atom. The van der Waals surface area contributed by atoms with E-state index in [-0.39, 0.29) is 23.7 Å². The number of aromatic nitrogens is 1. The largest absolute Gasteiger partial charge is 0.420 e. The smallest absolute Gasteiger partial charge is 0.407 e. The highest BCUT2D eigenvalue weighted by molar-refractivity contribution is 5.96. The first-order valence-corrected chi connectivity index (χ1v) is 7.70. The van der Waals surface area contributed by atoms with E-state index in [1.807, 2.05) is 24.3 Å². The highest BCUT2D eigenvalue weighted by atomic mass is 16.6. The minimum atomic E-state index is -0.712. The van der Waals surface area contributed by atoms with E-state index >= 15 is 0 Å². The Morgan fingerprint density at radius 3 is 2.84 bits per heavy atom. The van der Waals surface area contributed by atoms with E-state index in [0.717, 1.165) is 17.7 Å². The third-order valence-corrected chi connectivity index (χ3v) is 4.34. The molecule has 4 rings (SSSR count). The Kier molecular flexibility index (Phi) is 3.38. The first-order chi connectivity index (χ1) is 12.0. The van der Waals surface area contributed by atoms with Gasteiger partial charge in [-0.15, -0.1) is 0 Å². The van der Waals surface area contributed by atoms with Gasteiger partial charge in [0.25, 0.3) is 5.69 Å². The summed E-state index contributed by atoms with van der Waals surface area (Å²) >= 11 is 0. The summed E-state index contributed by atoms with van der Waals surface area (Å²) in [6, 6.07) is 11.5. The number of rotatable bonds is 3. The lowest BCUT2D eigenvalue weighted by molar-refractivity contribution is -0.384. The van der Waals surface area contributed by atoms with Gasteiger partial charge in [-0.3, -0.25) is 19.5 Å². The molecule has 0 spiro atoms. The maximum Gasteiger partial charge on any atom is 0.420 e. The van der Waals surface area contributed by atoms with Crippen molar-refractivity contribution in [1.29, 1.82) is 0 Å². The average Bonchev–Trinajstić information content (AvgIpc) is 3.16. The number of nitro groups is 1. The normalized spacial score (nSPS) is 13.2. The van der Waals surface area contributed by atoms with Gasteiger partial charge < -0.3 is 9.32 Å². The second kappa shape index (κ2) is 5.59. The molecular weight excluding hydrogens is 326 g/mol. The molecule has 25 heavy (non-hydrogen) atoms. The van der Waals surface area contributed by atoms with Crippen LogP contribution in [0.1, 0.15) is 5.56 Å². The lowest BCUT2D eigenvalue weighted by atomic mass is 10.2. The van der Waals surface area contributed by atoms with Gasteiger partial charge in [0.1, 0.15) is 6.54 Å². The molecule has 0 saturated heterocycles. The van der Waals surface area contributed by atoms with Crippen LogP contribution in [-0.2, 0) is 17.8 Å². The SMILES string of the molecule is O=C(Cn1c(=O)oc2cc([N+](=O)[O-])ccc21)N1CCc2ccccc21. The number of anilines is 1. The summed E-state index contributed by atoms with van der Waals surface area (Å²) in [6.45, 7) is 0.381. The van der Waals surface area contributed by atoms with Crippen LogP contribution in [0.5, 0.6) is 0 Å². The number of fused-ring (bicyclic) bond motifs is 2. The fourth-order valence-electron chi connectivity index (χ4n) is 3.14. The first-order valence-electron chi connectivity index (χ1n) is 7.70. The van der Waals surface area contributed by atoms with Crippen LogP contribution in [0.2, 0.25) is 0 Å². The molecule has 8 heteroatoms. The van der Waals surface area contributed by atoms with E-state index in [1.54, 1.807) is 4.90 Å². The highest BCUT2D eigenvalue weighted by Crippen LogP contribution is 2.28. The van der Waals surface area contributed by atoms with Crippen LogP contribution < -0.4 is 10.7 Å². The van der Waals surface area contributed by atoms with Crippen molar-refractivity contribution in [3.63, 3.8) is 0 Å². The zero-order valence-corrected chi connectivity index (χ0v) is 13.0. The summed E-state index contributed by atoms with van der Waals surface area (Å²) in [4.78, 5) is 36.6. The molecule has 0 saturated carbocycles. The number of hydrogen-bond acceptors (Lipinski definition) is 5. The number of carbonyl (C=O) groups excluding carboxylic acids is 1. The zero-order chi connectivity index (χ0) is 17.6. The van der Waals surface area contributed by atoms with Gasteiger partial charge in [-0.1, -0.05) is 18.2 Å². The molecule has 1 amide bonds. The maximum absolute atomic E-state index is 12.7. The van der Waals surface area contributed by atoms with Gasteiger partial charge in [0.15, 0.2) is 5.58 Å². The summed E-state index contributed by atoms with van der Waals surface area (Å²) in [5, 5.41) is 10.8. The van der Waals surface area contributed by atoms with E-state index in [4.69, 9.17) is 4.42 Å². The van der Waals surface area contributed by atoms with E-state index in [9.17, 15) is 19.7 Å². The fraction of sp³-hybridized carbons (Fsp3) is 0.176. The molecule has 2 heterocycles. The Morgan fingerprint density at radius 1 is 1.24 bits per heavy atom. The Labute approximate surface area is 141 Å². The van der Waals surface area contributed by atoms with Gasteiger partial charge in [-0.05, 0) is 24.1 Å².